The Kier molecular flexibility index (Phi) is 3.31. The minimum atomic E-state index is -0.0566. The molecule has 0 aliphatic carbocycles. The van der Waals surface area contributed by atoms with E-state index in [0.717, 1.165) is 10.6 Å². The number of carbonyl (C=O) groups is 1. The van der Waals surface area contributed by atoms with Crippen LogP contribution in [-0.4, -0.2) is 10.9 Å². The van der Waals surface area contributed by atoms with Crippen molar-refractivity contribution in [3.8, 4) is 0 Å². The van der Waals surface area contributed by atoms with Crippen LogP contribution in [0, 0.1) is 6.92 Å². The molecule has 1 N–H and O–H groups in total. The van der Waals surface area contributed by atoms with E-state index < -0.39 is 0 Å². The summed E-state index contributed by atoms with van der Waals surface area (Å²) in [6.07, 6.45) is 1.73. The molecule has 0 saturated heterocycles. The lowest BCUT2D eigenvalue weighted by molar-refractivity contribution is 0.0951. The highest BCUT2D eigenvalue weighted by molar-refractivity contribution is 7.09. The molecule has 4 heteroatoms. The van der Waals surface area contributed by atoms with Gasteiger partial charge < -0.3 is 5.32 Å². The van der Waals surface area contributed by atoms with Gasteiger partial charge in [-0.25, -0.2) is 4.98 Å². The van der Waals surface area contributed by atoms with Crippen LogP contribution >= 0.6 is 11.3 Å². The fourth-order valence-corrected chi connectivity index (χ4v) is 1.94. The molecule has 2 aromatic rings. The van der Waals surface area contributed by atoms with Crippen LogP contribution < -0.4 is 5.32 Å². The summed E-state index contributed by atoms with van der Waals surface area (Å²) >= 11 is 1.54. The summed E-state index contributed by atoms with van der Waals surface area (Å²) in [5, 5.41) is 5.65. The summed E-state index contributed by atoms with van der Waals surface area (Å²) in [7, 11) is 0. The molecule has 0 saturated carbocycles. The molecule has 16 heavy (non-hydrogen) atoms. The van der Waals surface area contributed by atoms with E-state index in [9.17, 15) is 4.79 Å². The normalized spacial score (nSPS) is 10.1. The molecule has 1 aromatic carbocycles. The zero-order chi connectivity index (χ0) is 11.4. The minimum Gasteiger partial charge on any atom is -0.346 e. The summed E-state index contributed by atoms with van der Waals surface area (Å²) in [6.45, 7) is 2.46. The van der Waals surface area contributed by atoms with Gasteiger partial charge in [-0.15, -0.1) is 11.3 Å². The molecule has 0 bridgehead atoms. The number of thiazole rings is 1. The first-order valence-electron chi connectivity index (χ1n) is 4.99. The lowest BCUT2D eigenvalue weighted by atomic mass is 10.1. The van der Waals surface area contributed by atoms with Crippen LogP contribution in [0.15, 0.2) is 35.8 Å². The molecular formula is C12H12N2OS. The van der Waals surface area contributed by atoms with Crippen LogP contribution in [-0.2, 0) is 6.54 Å². The smallest absolute Gasteiger partial charge is 0.251 e. The lowest BCUT2D eigenvalue weighted by Gasteiger charge is -2.03. The van der Waals surface area contributed by atoms with E-state index in [2.05, 4.69) is 10.3 Å². The van der Waals surface area contributed by atoms with Crippen molar-refractivity contribution in [3.05, 3.63) is 52.0 Å². The maximum atomic E-state index is 11.8. The number of aryl methyl sites for hydroxylation is 1. The Labute approximate surface area is 98.2 Å². The summed E-state index contributed by atoms with van der Waals surface area (Å²) in [4.78, 5) is 15.9. The molecule has 3 nitrogen and oxygen atoms in total. The van der Waals surface area contributed by atoms with Gasteiger partial charge in [-0.1, -0.05) is 17.7 Å². The van der Waals surface area contributed by atoms with Gasteiger partial charge in [0.25, 0.3) is 5.91 Å². The van der Waals surface area contributed by atoms with E-state index in [1.807, 2.05) is 36.6 Å². The van der Waals surface area contributed by atoms with Crippen molar-refractivity contribution in [3.63, 3.8) is 0 Å². The summed E-state index contributed by atoms with van der Waals surface area (Å²) in [5.41, 5.74) is 1.78. The number of rotatable bonds is 3. The number of benzene rings is 1. The van der Waals surface area contributed by atoms with E-state index in [1.165, 1.54) is 11.3 Å². The second kappa shape index (κ2) is 4.90. The van der Waals surface area contributed by atoms with Gasteiger partial charge in [0, 0.05) is 17.1 Å². The van der Waals surface area contributed by atoms with E-state index in [1.54, 1.807) is 6.20 Å². The molecule has 82 valence electrons. The SMILES string of the molecule is Cc1cccc(C(=O)NCc2nccs2)c1. The number of aromatic nitrogens is 1. The Hall–Kier alpha value is -1.68. The third-order valence-electron chi connectivity index (χ3n) is 2.16. The van der Waals surface area contributed by atoms with Gasteiger partial charge >= 0.3 is 0 Å². The summed E-state index contributed by atoms with van der Waals surface area (Å²) < 4.78 is 0. The number of carbonyl (C=O) groups excluding carboxylic acids is 1. The first kappa shape index (κ1) is 10.8. The Balaban J connectivity index is 1.98. The van der Waals surface area contributed by atoms with E-state index in [-0.39, 0.29) is 5.91 Å². The van der Waals surface area contributed by atoms with E-state index in [4.69, 9.17) is 0 Å². The van der Waals surface area contributed by atoms with Crippen molar-refractivity contribution in [2.45, 2.75) is 13.5 Å². The maximum absolute atomic E-state index is 11.8. The molecule has 1 aromatic heterocycles. The van der Waals surface area contributed by atoms with Crippen molar-refractivity contribution < 1.29 is 4.79 Å². The maximum Gasteiger partial charge on any atom is 0.251 e. The molecule has 0 atom stereocenters. The van der Waals surface area contributed by atoms with Crippen LogP contribution in [0.25, 0.3) is 0 Å². The van der Waals surface area contributed by atoms with Crippen molar-refractivity contribution in [1.82, 2.24) is 10.3 Å². The van der Waals surface area contributed by atoms with Gasteiger partial charge in [0.05, 0.1) is 6.54 Å². The van der Waals surface area contributed by atoms with Gasteiger partial charge in [-0.05, 0) is 19.1 Å². The zero-order valence-electron chi connectivity index (χ0n) is 8.93. The second-order valence-electron chi connectivity index (χ2n) is 3.48. The molecule has 2 rings (SSSR count). The average Bonchev–Trinajstić information content (AvgIpc) is 2.78. The van der Waals surface area contributed by atoms with Gasteiger partial charge in [-0.2, -0.15) is 0 Å². The molecule has 0 unspecified atom stereocenters. The molecule has 0 aliphatic rings. The number of nitrogens with one attached hydrogen (secondary N) is 1. The highest BCUT2D eigenvalue weighted by Gasteiger charge is 2.05. The predicted molar refractivity (Wildman–Crippen MR) is 64.5 cm³/mol. The highest BCUT2D eigenvalue weighted by atomic mass is 32.1. The Morgan fingerprint density at radius 1 is 1.50 bits per heavy atom. The molecule has 0 spiro atoms. The van der Waals surface area contributed by atoms with Crippen LogP contribution in [0.1, 0.15) is 20.9 Å². The average molecular weight is 232 g/mol. The molecule has 1 heterocycles. The lowest BCUT2D eigenvalue weighted by Crippen LogP contribution is -2.22. The van der Waals surface area contributed by atoms with Gasteiger partial charge in [0.15, 0.2) is 0 Å². The third-order valence-corrected chi connectivity index (χ3v) is 2.94. The molecular weight excluding hydrogens is 220 g/mol. The first-order valence-corrected chi connectivity index (χ1v) is 5.87. The van der Waals surface area contributed by atoms with E-state index >= 15 is 0 Å². The van der Waals surface area contributed by atoms with Gasteiger partial charge in [0.2, 0.25) is 0 Å². The van der Waals surface area contributed by atoms with Crippen LogP contribution in [0.4, 0.5) is 0 Å². The van der Waals surface area contributed by atoms with Gasteiger partial charge in [-0.3, -0.25) is 4.79 Å². The molecule has 0 fully saturated rings. The molecule has 0 aliphatic heterocycles. The van der Waals surface area contributed by atoms with Crippen molar-refractivity contribution in [1.29, 1.82) is 0 Å². The summed E-state index contributed by atoms with van der Waals surface area (Å²) in [5.74, 6) is -0.0566. The number of hydrogen-bond acceptors (Lipinski definition) is 3. The topological polar surface area (TPSA) is 42.0 Å². The monoisotopic (exact) mass is 232 g/mol. The summed E-state index contributed by atoms with van der Waals surface area (Å²) in [6, 6.07) is 7.53. The van der Waals surface area contributed by atoms with E-state index in [0.29, 0.717) is 12.1 Å². The third kappa shape index (κ3) is 2.67. The first-order chi connectivity index (χ1) is 7.75. The standard InChI is InChI=1S/C12H12N2OS/c1-9-3-2-4-10(7-9)12(15)14-8-11-13-5-6-16-11/h2-7H,8H2,1H3,(H,14,15). The highest BCUT2D eigenvalue weighted by Crippen LogP contribution is 2.06. The quantitative estimate of drug-likeness (QED) is 0.882. The molecule has 1 amide bonds. The molecule has 0 radical (unpaired) electrons. The van der Waals surface area contributed by atoms with Crippen LogP contribution in [0.3, 0.4) is 0 Å². The number of hydrogen-bond donors (Lipinski definition) is 1. The Morgan fingerprint density at radius 2 is 2.38 bits per heavy atom. The fraction of sp³-hybridized carbons (Fsp3) is 0.167. The number of nitrogens with zero attached hydrogens (tertiary/aromatic N) is 1. The second-order valence-corrected chi connectivity index (χ2v) is 4.46. The van der Waals surface area contributed by atoms with Crippen molar-refractivity contribution in [2.24, 2.45) is 0 Å². The largest absolute Gasteiger partial charge is 0.346 e. The van der Waals surface area contributed by atoms with Crippen LogP contribution in [0.2, 0.25) is 0 Å². The van der Waals surface area contributed by atoms with Crippen molar-refractivity contribution in [2.75, 3.05) is 0 Å². The number of amides is 1. The Bertz CT molecular complexity index is 480. The predicted octanol–water partition coefficient (Wildman–Crippen LogP) is 2.38. The van der Waals surface area contributed by atoms with Gasteiger partial charge in [0.1, 0.15) is 5.01 Å². The Morgan fingerprint density at radius 3 is 3.06 bits per heavy atom. The van der Waals surface area contributed by atoms with Crippen LogP contribution in [0.5, 0.6) is 0 Å². The fourth-order valence-electron chi connectivity index (χ4n) is 1.38. The zero-order valence-corrected chi connectivity index (χ0v) is 9.75. The minimum absolute atomic E-state index is 0.0566. The van der Waals surface area contributed by atoms with Crippen molar-refractivity contribution >= 4 is 17.2 Å².